The SMILES string of the molecule is O=C(NCCc1nc2ccccc2[nH]1)c1ccc(O)cc1. The molecular formula is C16H15N3O2. The summed E-state index contributed by atoms with van der Waals surface area (Å²) in [7, 11) is 0. The van der Waals surface area contributed by atoms with Crippen LogP contribution in [0.4, 0.5) is 0 Å². The van der Waals surface area contributed by atoms with Crippen LogP contribution in [0.2, 0.25) is 0 Å². The molecule has 21 heavy (non-hydrogen) atoms. The number of phenols is 1. The van der Waals surface area contributed by atoms with Gasteiger partial charge in [0.2, 0.25) is 0 Å². The Kier molecular flexibility index (Phi) is 3.55. The molecule has 0 fully saturated rings. The van der Waals surface area contributed by atoms with Crippen molar-refractivity contribution in [2.24, 2.45) is 0 Å². The number of aromatic hydroxyl groups is 1. The molecule has 1 aromatic heterocycles. The van der Waals surface area contributed by atoms with Gasteiger partial charge in [0.25, 0.3) is 5.91 Å². The summed E-state index contributed by atoms with van der Waals surface area (Å²) < 4.78 is 0. The Balaban J connectivity index is 1.58. The summed E-state index contributed by atoms with van der Waals surface area (Å²) in [5, 5.41) is 12.0. The average molecular weight is 281 g/mol. The van der Waals surface area contributed by atoms with Gasteiger partial charge in [-0.05, 0) is 36.4 Å². The highest BCUT2D eigenvalue weighted by Crippen LogP contribution is 2.11. The number of H-pyrrole nitrogens is 1. The molecule has 0 aliphatic rings. The molecule has 1 heterocycles. The van der Waals surface area contributed by atoms with Crippen molar-refractivity contribution in [2.75, 3.05) is 6.54 Å². The maximum atomic E-state index is 11.9. The van der Waals surface area contributed by atoms with E-state index in [1.54, 1.807) is 12.1 Å². The zero-order valence-corrected chi connectivity index (χ0v) is 11.3. The van der Waals surface area contributed by atoms with Gasteiger partial charge in [-0.15, -0.1) is 0 Å². The van der Waals surface area contributed by atoms with E-state index in [9.17, 15) is 9.90 Å². The fraction of sp³-hybridized carbons (Fsp3) is 0.125. The molecule has 2 aromatic carbocycles. The zero-order valence-electron chi connectivity index (χ0n) is 11.3. The van der Waals surface area contributed by atoms with Crippen LogP contribution in [-0.4, -0.2) is 27.5 Å². The van der Waals surface area contributed by atoms with Crippen LogP contribution in [0.5, 0.6) is 5.75 Å². The lowest BCUT2D eigenvalue weighted by Crippen LogP contribution is -2.25. The van der Waals surface area contributed by atoms with E-state index >= 15 is 0 Å². The van der Waals surface area contributed by atoms with Crippen LogP contribution in [-0.2, 0) is 6.42 Å². The molecule has 5 heteroatoms. The monoisotopic (exact) mass is 281 g/mol. The Morgan fingerprint density at radius 1 is 1.14 bits per heavy atom. The van der Waals surface area contributed by atoms with E-state index in [0.717, 1.165) is 16.9 Å². The lowest BCUT2D eigenvalue weighted by molar-refractivity contribution is 0.0954. The Morgan fingerprint density at radius 2 is 1.90 bits per heavy atom. The van der Waals surface area contributed by atoms with Crippen molar-refractivity contribution in [3.8, 4) is 5.75 Å². The fourth-order valence-electron chi connectivity index (χ4n) is 2.13. The Hall–Kier alpha value is -2.82. The number of aromatic nitrogens is 2. The van der Waals surface area contributed by atoms with Crippen molar-refractivity contribution in [1.82, 2.24) is 15.3 Å². The van der Waals surface area contributed by atoms with Crippen molar-refractivity contribution in [3.05, 3.63) is 59.9 Å². The number of carbonyl (C=O) groups is 1. The Morgan fingerprint density at radius 3 is 2.67 bits per heavy atom. The molecule has 0 radical (unpaired) electrons. The number of rotatable bonds is 4. The first-order chi connectivity index (χ1) is 10.2. The highest BCUT2D eigenvalue weighted by Gasteiger charge is 2.06. The molecule has 0 aliphatic carbocycles. The van der Waals surface area contributed by atoms with E-state index in [1.165, 1.54) is 12.1 Å². The maximum absolute atomic E-state index is 11.9. The number of hydrogen-bond acceptors (Lipinski definition) is 3. The van der Waals surface area contributed by atoms with Crippen LogP contribution in [0.15, 0.2) is 48.5 Å². The van der Waals surface area contributed by atoms with Gasteiger partial charge in [-0.1, -0.05) is 12.1 Å². The van der Waals surface area contributed by atoms with Gasteiger partial charge >= 0.3 is 0 Å². The van der Waals surface area contributed by atoms with Gasteiger partial charge in [0, 0.05) is 18.5 Å². The highest BCUT2D eigenvalue weighted by atomic mass is 16.3. The number of aromatic amines is 1. The summed E-state index contributed by atoms with van der Waals surface area (Å²) in [4.78, 5) is 19.6. The van der Waals surface area contributed by atoms with Gasteiger partial charge in [-0.2, -0.15) is 0 Å². The highest BCUT2D eigenvalue weighted by molar-refractivity contribution is 5.94. The summed E-state index contributed by atoms with van der Waals surface area (Å²) >= 11 is 0. The number of phenolic OH excluding ortho intramolecular Hbond substituents is 1. The number of imidazole rings is 1. The fourth-order valence-corrected chi connectivity index (χ4v) is 2.13. The molecule has 0 aliphatic heterocycles. The predicted octanol–water partition coefficient (Wildman–Crippen LogP) is 2.24. The quantitative estimate of drug-likeness (QED) is 0.686. The second-order valence-corrected chi connectivity index (χ2v) is 4.75. The van der Waals surface area contributed by atoms with Crippen LogP contribution in [0.3, 0.4) is 0 Å². The molecule has 0 unspecified atom stereocenters. The molecule has 0 bridgehead atoms. The molecule has 0 atom stereocenters. The number of nitrogens with one attached hydrogen (secondary N) is 2. The van der Waals surface area contributed by atoms with Crippen LogP contribution in [0.25, 0.3) is 11.0 Å². The summed E-state index contributed by atoms with van der Waals surface area (Å²) in [6.45, 7) is 0.500. The molecule has 1 amide bonds. The first kappa shape index (κ1) is 13.2. The molecule has 0 saturated heterocycles. The molecular weight excluding hydrogens is 266 g/mol. The first-order valence-corrected chi connectivity index (χ1v) is 6.73. The van der Waals surface area contributed by atoms with Crippen LogP contribution < -0.4 is 5.32 Å². The second kappa shape index (κ2) is 5.66. The van der Waals surface area contributed by atoms with E-state index in [2.05, 4.69) is 15.3 Å². The van der Waals surface area contributed by atoms with Crippen LogP contribution in [0.1, 0.15) is 16.2 Å². The van der Waals surface area contributed by atoms with E-state index in [4.69, 9.17) is 0 Å². The van der Waals surface area contributed by atoms with Crippen LogP contribution >= 0.6 is 0 Å². The summed E-state index contributed by atoms with van der Waals surface area (Å²) in [6, 6.07) is 14.0. The first-order valence-electron chi connectivity index (χ1n) is 6.73. The molecule has 5 nitrogen and oxygen atoms in total. The number of benzene rings is 2. The third kappa shape index (κ3) is 3.02. The zero-order chi connectivity index (χ0) is 14.7. The largest absolute Gasteiger partial charge is 0.508 e. The summed E-state index contributed by atoms with van der Waals surface area (Å²) in [5.41, 5.74) is 2.45. The normalized spacial score (nSPS) is 10.7. The molecule has 0 spiro atoms. The Bertz CT molecular complexity index is 730. The van der Waals surface area contributed by atoms with E-state index < -0.39 is 0 Å². The van der Waals surface area contributed by atoms with Crippen molar-refractivity contribution in [2.45, 2.75) is 6.42 Å². The number of para-hydroxylation sites is 2. The van der Waals surface area contributed by atoms with Crippen molar-refractivity contribution in [1.29, 1.82) is 0 Å². The number of fused-ring (bicyclic) bond motifs is 1. The third-order valence-electron chi connectivity index (χ3n) is 3.22. The van der Waals surface area contributed by atoms with Gasteiger partial charge in [0.15, 0.2) is 0 Å². The topological polar surface area (TPSA) is 78.0 Å². The minimum absolute atomic E-state index is 0.147. The third-order valence-corrected chi connectivity index (χ3v) is 3.22. The molecule has 106 valence electrons. The van der Waals surface area contributed by atoms with Gasteiger partial charge in [0.1, 0.15) is 11.6 Å². The smallest absolute Gasteiger partial charge is 0.251 e. The number of nitrogens with zero attached hydrogens (tertiary/aromatic N) is 1. The van der Waals surface area contributed by atoms with Crippen molar-refractivity contribution >= 4 is 16.9 Å². The summed E-state index contributed by atoms with van der Waals surface area (Å²) in [6.07, 6.45) is 0.637. The van der Waals surface area contributed by atoms with Gasteiger partial charge < -0.3 is 15.4 Å². The number of hydrogen-bond donors (Lipinski definition) is 3. The number of amides is 1. The van der Waals surface area contributed by atoms with Gasteiger partial charge in [-0.3, -0.25) is 4.79 Å². The standard InChI is InChI=1S/C16H15N3O2/c20-12-7-5-11(6-8-12)16(21)17-10-9-15-18-13-3-1-2-4-14(13)19-15/h1-8,20H,9-10H2,(H,17,21)(H,18,19). The minimum atomic E-state index is -0.161. The lowest BCUT2D eigenvalue weighted by Gasteiger charge is -2.04. The average Bonchev–Trinajstić information content (AvgIpc) is 2.90. The van der Waals surface area contributed by atoms with Gasteiger partial charge in [-0.25, -0.2) is 4.98 Å². The van der Waals surface area contributed by atoms with E-state index in [0.29, 0.717) is 18.5 Å². The second-order valence-electron chi connectivity index (χ2n) is 4.75. The van der Waals surface area contributed by atoms with Crippen molar-refractivity contribution < 1.29 is 9.90 Å². The van der Waals surface area contributed by atoms with Crippen LogP contribution in [0, 0.1) is 0 Å². The van der Waals surface area contributed by atoms with E-state index in [-0.39, 0.29) is 11.7 Å². The molecule has 3 aromatic rings. The predicted molar refractivity (Wildman–Crippen MR) is 80.2 cm³/mol. The maximum Gasteiger partial charge on any atom is 0.251 e. The van der Waals surface area contributed by atoms with Crippen molar-refractivity contribution in [3.63, 3.8) is 0 Å². The molecule has 0 saturated carbocycles. The minimum Gasteiger partial charge on any atom is -0.508 e. The van der Waals surface area contributed by atoms with E-state index in [1.807, 2.05) is 24.3 Å². The summed E-state index contributed by atoms with van der Waals surface area (Å²) in [5.74, 6) is 0.835. The lowest BCUT2D eigenvalue weighted by atomic mass is 10.2. The molecule has 3 rings (SSSR count). The van der Waals surface area contributed by atoms with Gasteiger partial charge in [0.05, 0.1) is 11.0 Å². The Labute approximate surface area is 121 Å². The molecule has 3 N–H and O–H groups in total. The number of carbonyl (C=O) groups excluding carboxylic acids is 1.